The van der Waals surface area contributed by atoms with Crippen molar-refractivity contribution >= 4 is 0 Å². The molecule has 1 saturated heterocycles. The zero-order valence-corrected chi connectivity index (χ0v) is 9.33. The molecule has 0 radical (unpaired) electrons. The monoisotopic (exact) mass is 209 g/mol. The van der Waals surface area contributed by atoms with Crippen LogP contribution in [0.5, 0.6) is 0 Å². The molecule has 1 saturated carbocycles. The first-order valence-electron chi connectivity index (χ1n) is 5.83. The number of nitriles is 1. The molecule has 0 aromatic rings. The maximum Gasteiger partial charge on any atom is 0.109 e. The van der Waals surface area contributed by atoms with E-state index in [1.807, 2.05) is 0 Å². The molecule has 1 aliphatic carbocycles. The minimum absolute atomic E-state index is 0.409. The predicted molar refractivity (Wildman–Crippen MR) is 56.1 cm³/mol. The van der Waals surface area contributed by atoms with Crippen LogP contribution in [0.1, 0.15) is 39.0 Å². The Hall–Kier alpha value is -0.590. The van der Waals surface area contributed by atoms with Gasteiger partial charge in [-0.3, -0.25) is 0 Å². The van der Waals surface area contributed by atoms with Crippen LogP contribution in [-0.4, -0.2) is 23.9 Å². The molecular weight excluding hydrogens is 190 g/mol. The highest BCUT2D eigenvalue weighted by Crippen LogP contribution is 2.49. The van der Waals surface area contributed by atoms with Crippen LogP contribution in [-0.2, 0) is 4.74 Å². The van der Waals surface area contributed by atoms with Crippen molar-refractivity contribution in [2.75, 3.05) is 13.2 Å². The summed E-state index contributed by atoms with van der Waals surface area (Å²) in [7, 11) is 0. The van der Waals surface area contributed by atoms with Crippen LogP contribution < -0.4 is 0 Å². The van der Waals surface area contributed by atoms with Crippen LogP contribution in [0.15, 0.2) is 0 Å². The fourth-order valence-electron chi connectivity index (χ4n) is 3.05. The van der Waals surface area contributed by atoms with Crippen molar-refractivity contribution in [2.45, 2.75) is 44.6 Å². The second-order valence-corrected chi connectivity index (χ2v) is 5.23. The number of aliphatic hydroxyl groups is 1. The normalized spacial score (nSPS) is 46.3. The summed E-state index contributed by atoms with van der Waals surface area (Å²) < 4.78 is 5.41. The molecule has 1 heterocycles. The molecule has 3 nitrogen and oxygen atoms in total. The van der Waals surface area contributed by atoms with Gasteiger partial charge in [0.15, 0.2) is 0 Å². The average molecular weight is 209 g/mol. The Morgan fingerprint density at radius 3 is 2.73 bits per heavy atom. The molecule has 3 heteroatoms. The van der Waals surface area contributed by atoms with Crippen LogP contribution in [0.4, 0.5) is 0 Å². The van der Waals surface area contributed by atoms with E-state index in [4.69, 9.17) is 4.74 Å². The van der Waals surface area contributed by atoms with Gasteiger partial charge in [-0.05, 0) is 38.0 Å². The van der Waals surface area contributed by atoms with E-state index in [-0.39, 0.29) is 0 Å². The lowest BCUT2D eigenvalue weighted by atomic mass is 9.68. The van der Waals surface area contributed by atoms with Gasteiger partial charge in [0.25, 0.3) is 0 Å². The second kappa shape index (κ2) is 3.77. The summed E-state index contributed by atoms with van der Waals surface area (Å²) >= 11 is 0. The van der Waals surface area contributed by atoms with Gasteiger partial charge in [-0.2, -0.15) is 5.26 Å². The molecule has 3 unspecified atom stereocenters. The fraction of sp³-hybridized carbons (Fsp3) is 0.917. The molecule has 15 heavy (non-hydrogen) atoms. The quantitative estimate of drug-likeness (QED) is 0.717. The third kappa shape index (κ3) is 1.66. The Bertz CT molecular complexity index is 278. The first-order chi connectivity index (χ1) is 7.12. The molecule has 0 spiro atoms. The van der Waals surface area contributed by atoms with Gasteiger partial charge >= 0.3 is 0 Å². The van der Waals surface area contributed by atoms with E-state index in [2.05, 4.69) is 13.0 Å². The first kappa shape index (κ1) is 10.9. The van der Waals surface area contributed by atoms with E-state index in [0.717, 1.165) is 38.7 Å². The molecule has 3 atom stereocenters. The van der Waals surface area contributed by atoms with Gasteiger partial charge in [0.2, 0.25) is 0 Å². The predicted octanol–water partition coefficient (Wildman–Crippen LogP) is 1.86. The van der Waals surface area contributed by atoms with Crippen molar-refractivity contribution in [3.05, 3.63) is 0 Å². The number of hydrogen-bond acceptors (Lipinski definition) is 3. The molecule has 2 rings (SSSR count). The minimum Gasteiger partial charge on any atom is -0.388 e. The smallest absolute Gasteiger partial charge is 0.109 e. The van der Waals surface area contributed by atoms with Crippen molar-refractivity contribution in [3.63, 3.8) is 0 Å². The highest BCUT2D eigenvalue weighted by atomic mass is 16.5. The fourth-order valence-corrected chi connectivity index (χ4v) is 3.05. The van der Waals surface area contributed by atoms with Gasteiger partial charge in [-0.15, -0.1) is 0 Å². The second-order valence-electron chi connectivity index (χ2n) is 5.23. The summed E-state index contributed by atoms with van der Waals surface area (Å²) in [6.45, 7) is 3.29. The van der Waals surface area contributed by atoms with E-state index >= 15 is 0 Å². The maximum atomic E-state index is 10.6. The number of rotatable bonds is 1. The van der Waals surface area contributed by atoms with Crippen LogP contribution in [0.3, 0.4) is 0 Å². The summed E-state index contributed by atoms with van der Waals surface area (Å²) in [6, 6.07) is 2.35. The van der Waals surface area contributed by atoms with E-state index < -0.39 is 11.0 Å². The third-order valence-corrected chi connectivity index (χ3v) is 4.08. The summed E-state index contributed by atoms with van der Waals surface area (Å²) in [5.41, 5.74) is -1.45. The van der Waals surface area contributed by atoms with Crippen LogP contribution in [0, 0.1) is 22.7 Å². The van der Waals surface area contributed by atoms with Crippen molar-refractivity contribution in [3.8, 4) is 6.07 Å². The third-order valence-electron chi connectivity index (χ3n) is 4.08. The standard InChI is InChI=1S/C12H19NO2/c1-10-3-5-12(14,7-10)11(8-13)4-2-6-15-9-11/h10,14H,2-7,9H2,1H3. The minimum atomic E-state index is -0.804. The lowest BCUT2D eigenvalue weighted by molar-refractivity contribution is -0.116. The lowest BCUT2D eigenvalue weighted by Gasteiger charge is -2.42. The molecule has 1 N–H and O–H groups in total. The molecule has 2 aliphatic rings. The average Bonchev–Trinajstić information content (AvgIpc) is 2.61. The number of ether oxygens (including phenoxy) is 1. The zero-order chi connectivity index (χ0) is 10.9. The van der Waals surface area contributed by atoms with Gasteiger partial charge in [-0.25, -0.2) is 0 Å². The molecular formula is C12H19NO2. The molecule has 2 fully saturated rings. The highest BCUT2D eigenvalue weighted by Gasteiger charge is 2.54. The summed E-state index contributed by atoms with van der Waals surface area (Å²) in [6.07, 6.45) is 4.21. The summed E-state index contributed by atoms with van der Waals surface area (Å²) in [5, 5.41) is 20.0. The van der Waals surface area contributed by atoms with E-state index in [1.54, 1.807) is 0 Å². The summed E-state index contributed by atoms with van der Waals surface area (Å²) in [4.78, 5) is 0. The first-order valence-corrected chi connectivity index (χ1v) is 5.83. The maximum absolute atomic E-state index is 10.6. The Morgan fingerprint density at radius 2 is 2.27 bits per heavy atom. The molecule has 84 valence electrons. The molecule has 0 aromatic carbocycles. The van der Waals surface area contributed by atoms with Crippen LogP contribution in [0.25, 0.3) is 0 Å². The Kier molecular flexibility index (Phi) is 2.74. The van der Waals surface area contributed by atoms with Gasteiger partial charge in [0.1, 0.15) is 5.41 Å². The van der Waals surface area contributed by atoms with E-state index in [0.29, 0.717) is 12.5 Å². The Morgan fingerprint density at radius 1 is 1.47 bits per heavy atom. The molecule has 0 aromatic heterocycles. The van der Waals surface area contributed by atoms with Gasteiger partial charge in [0, 0.05) is 6.61 Å². The van der Waals surface area contributed by atoms with Crippen molar-refractivity contribution in [1.29, 1.82) is 5.26 Å². The molecule has 0 amide bonds. The highest BCUT2D eigenvalue weighted by molar-refractivity contribution is 5.14. The van der Waals surface area contributed by atoms with Crippen LogP contribution >= 0.6 is 0 Å². The lowest BCUT2D eigenvalue weighted by Crippen LogP contribution is -2.50. The Balaban J connectivity index is 2.22. The van der Waals surface area contributed by atoms with E-state index in [1.165, 1.54) is 0 Å². The Labute approximate surface area is 91.0 Å². The number of hydrogen-bond donors (Lipinski definition) is 1. The SMILES string of the molecule is CC1CCC(O)(C2(C#N)CCCOC2)C1. The van der Waals surface area contributed by atoms with E-state index in [9.17, 15) is 10.4 Å². The molecule has 1 aliphatic heterocycles. The molecule has 0 bridgehead atoms. The van der Waals surface area contributed by atoms with Crippen molar-refractivity contribution in [2.24, 2.45) is 11.3 Å². The van der Waals surface area contributed by atoms with Gasteiger partial charge in [-0.1, -0.05) is 6.92 Å². The van der Waals surface area contributed by atoms with Crippen molar-refractivity contribution in [1.82, 2.24) is 0 Å². The van der Waals surface area contributed by atoms with Crippen LogP contribution in [0.2, 0.25) is 0 Å². The topological polar surface area (TPSA) is 53.2 Å². The largest absolute Gasteiger partial charge is 0.388 e. The van der Waals surface area contributed by atoms with Crippen molar-refractivity contribution < 1.29 is 9.84 Å². The van der Waals surface area contributed by atoms with Gasteiger partial charge in [0.05, 0.1) is 18.3 Å². The number of nitrogens with zero attached hydrogens (tertiary/aromatic N) is 1. The zero-order valence-electron chi connectivity index (χ0n) is 9.33. The van der Waals surface area contributed by atoms with Gasteiger partial charge < -0.3 is 9.84 Å². The summed E-state index contributed by atoms with van der Waals surface area (Å²) in [5.74, 6) is 0.530.